The van der Waals surface area contributed by atoms with Crippen LogP contribution < -0.4 is 4.74 Å². The summed E-state index contributed by atoms with van der Waals surface area (Å²) >= 11 is 0. The summed E-state index contributed by atoms with van der Waals surface area (Å²) in [5.74, 6) is 0.103. The second-order valence-corrected chi connectivity index (χ2v) is 3.24. The summed E-state index contributed by atoms with van der Waals surface area (Å²) in [7, 11) is 0. The van der Waals surface area contributed by atoms with Gasteiger partial charge in [-0.05, 0) is 18.2 Å². The molecule has 0 amide bonds. The first kappa shape index (κ1) is 11.9. The first-order valence-electron chi connectivity index (χ1n) is 4.97. The molecule has 0 atom stereocenters. The maximum Gasteiger partial charge on any atom is 0.387 e. The molecule has 0 fully saturated rings. The Kier molecular flexibility index (Phi) is 3.44. The highest BCUT2D eigenvalue weighted by Crippen LogP contribution is 2.28. The molecule has 2 rings (SSSR count). The highest BCUT2D eigenvalue weighted by atomic mass is 19.3. The van der Waals surface area contributed by atoms with Gasteiger partial charge in [-0.2, -0.15) is 14.0 Å². The maximum absolute atomic E-state index is 12.2. The van der Waals surface area contributed by atoms with E-state index in [1.54, 1.807) is 12.1 Å². The quantitative estimate of drug-likeness (QED) is 0.836. The van der Waals surface area contributed by atoms with Gasteiger partial charge < -0.3 is 4.74 Å². The van der Waals surface area contributed by atoms with Crippen LogP contribution in [-0.2, 0) is 0 Å². The Morgan fingerprint density at radius 2 is 1.89 bits per heavy atom. The van der Waals surface area contributed by atoms with Gasteiger partial charge in [-0.1, -0.05) is 6.07 Å². The highest BCUT2D eigenvalue weighted by Gasteiger charge is 2.15. The second kappa shape index (κ2) is 5.19. The summed E-state index contributed by atoms with van der Waals surface area (Å²) in [5, 5.41) is 9.04. The lowest BCUT2D eigenvalue weighted by atomic mass is 10.1. The SMILES string of the molecule is N#Cc1c(OC(F)F)cccc1-c1ncccn1. The molecule has 0 aliphatic heterocycles. The Bertz CT molecular complexity index is 582. The van der Waals surface area contributed by atoms with E-state index in [4.69, 9.17) is 5.26 Å². The van der Waals surface area contributed by atoms with Crippen molar-refractivity contribution in [2.45, 2.75) is 6.61 Å². The van der Waals surface area contributed by atoms with E-state index < -0.39 is 6.61 Å². The van der Waals surface area contributed by atoms with Crippen LogP contribution in [-0.4, -0.2) is 16.6 Å². The van der Waals surface area contributed by atoms with Crippen LogP contribution in [0.1, 0.15) is 5.56 Å². The summed E-state index contributed by atoms with van der Waals surface area (Å²) in [6.07, 6.45) is 3.01. The normalized spacial score (nSPS) is 10.1. The minimum Gasteiger partial charge on any atom is -0.433 e. The van der Waals surface area contributed by atoms with Crippen molar-refractivity contribution in [3.05, 3.63) is 42.2 Å². The van der Waals surface area contributed by atoms with Crippen molar-refractivity contribution in [1.82, 2.24) is 9.97 Å². The summed E-state index contributed by atoms with van der Waals surface area (Å²) in [5.41, 5.74) is 0.347. The fourth-order valence-electron chi connectivity index (χ4n) is 1.47. The van der Waals surface area contributed by atoms with E-state index in [2.05, 4.69) is 14.7 Å². The van der Waals surface area contributed by atoms with Crippen molar-refractivity contribution in [2.75, 3.05) is 0 Å². The van der Waals surface area contributed by atoms with Crippen LogP contribution in [0.5, 0.6) is 5.75 Å². The zero-order valence-electron chi connectivity index (χ0n) is 9.05. The summed E-state index contributed by atoms with van der Waals surface area (Å²) in [6.45, 7) is -2.98. The largest absolute Gasteiger partial charge is 0.433 e. The van der Waals surface area contributed by atoms with Gasteiger partial charge in [-0.3, -0.25) is 0 Å². The lowest BCUT2D eigenvalue weighted by molar-refractivity contribution is -0.0500. The van der Waals surface area contributed by atoms with Gasteiger partial charge in [0.15, 0.2) is 5.82 Å². The van der Waals surface area contributed by atoms with E-state index in [-0.39, 0.29) is 17.1 Å². The molecule has 0 aliphatic carbocycles. The zero-order chi connectivity index (χ0) is 13.0. The van der Waals surface area contributed by atoms with Crippen LogP contribution in [0.15, 0.2) is 36.7 Å². The fraction of sp³-hybridized carbons (Fsp3) is 0.0833. The summed E-state index contributed by atoms with van der Waals surface area (Å²) in [4.78, 5) is 7.95. The summed E-state index contributed by atoms with van der Waals surface area (Å²) < 4.78 is 28.7. The third-order valence-electron chi connectivity index (χ3n) is 2.16. The maximum atomic E-state index is 12.2. The fourth-order valence-corrected chi connectivity index (χ4v) is 1.47. The van der Waals surface area contributed by atoms with Crippen LogP contribution in [0.2, 0.25) is 0 Å². The third-order valence-corrected chi connectivity index (χ3v) is 2.16. The molecule has 0 aliphatic rings. The number of nitrogens with zero attached hydrogens (tertiary/aromatic N) is 3. The van der Waals surface area contributed by atoms with E-state index in [0.29, 0.717) is 5.56 Å². The van der Waals surface area contributed by atoms with Crippen LogP contribution in [0.3, 0.4) is 0 Å². The number of hydrogen-bond acceptors (Lipinski definition) is 4. The molecule has 1 aromatic heterocycles. The molecule has 0 saturated heterocycles. The molecule has 0 radical (unpaired) electrons. The van der Waals surface area contributed by atoms with Crippen LogP contribution in [0.25, 0.3) is 11.4 Å². The van der Waals surface area contributed by atoms with Gasteiger partial charge in [0.2, 0.25) is 0 Å². The Hall–Kier alpha value is -2.55. The topological polar surface area (TPSA) is 58.8 Å². The monoisotopic (exact) mass is 247 g/mol. The van der Waals surface area contributed by atoms with E-state index >= 15 is 0 Å². The number of halogens is 2. The van der Waals surface area contributed by atoms with Gasteiger partial charge in [-0.15, -0.1) is 0 Å². The molecule has 90 valence electrons. The highest BCUT2D eigenvalue weighted by molar-refractivity contribution is 5.68. The van der Waals surface area contributed by atoms with Crippen molar-refractivity contribution in [3.63, 3.8) is 0 Å². The van der Waals surface area contributed by atoms with E-state index in [1.807, 2.05) is 6.07 Å². The molecule has 0 unspecified atom stereocenters. The van der Waals surface area contributed by atoms with Crippen molar-refractivity contribution >= 4 is 0 Å². The lowest BCUT2D eigenvalue weighted by Crippen LogP contribution is -2.04. The predicted molar refractivity (Wildman–Crippen MR) is 58.8 cm³/mol. The molecule has 0 spiro atoms. The average Bonchev–Trinajstić information content (AvgIpc) is 2.39. The van der Waals surface area contributed by atoms with Crippen LogP contribution >= 0.6 is 0 Å². The van der Waals surface area contributed by atoms with Crippen molar-refractivity contribution in [2.24, 2.45) is 0 Å². The first-order chi connectivity index (χ1) is 8.72. The molecule has 1 heterocycles. The van der Waals surface area contributed by atoms with E-state index in [0.717, 1.165) is 0 Å². The number of rotatable bonds is 3. The van der Waals surface area contributed by atoms with E-state index in [1.165, 1.54) is 24.5 Å². The molecular formula is C12H7F2N3O. The minimum atomic E-state index is -2.98. The number of alkyl halides is 2. The van der Waals surface area contributed by atoms with Crippen LogP contribution in [0.4, 0.5) is 8.78 Å². The minimum absolute atomic E-state index is 0.0102. The average molecular weight is 247 g/mol. The van der Waals surface area contributed by atoms with Crippen LogP contribution in [0, 0.1) is 11.3 Å². The number of aromatic nitrogens is 2. The summed E-state index contributed by atoms with van der Waals surface area (Å²) in [6, 6.07) is 7.83. The first-order valence-corrected chi connectivity index (χ1v) is 4.97. The molecule has 0 bridgehead atoms. The number of benzene rings is 1. The lowest BCUT2D eigenvalue weighted by Gasteiger charge is -2.09. The standard InChI is InChI=1S/C12H7F2N3O/c13-12(14)18-10-4-1-3-8(9(10)7-15)11-16-5-2-6-17-11/h1-6,12H. The van der Waals surface area contributed by atoms with Crippen molar-refractivity contribution in [3.8, 4) is 23.2 Å². The van der Waals surface area contributed by atoms with Gasteiger partial charge in [0.25, 0.3) is 0 Å². The molecule has 0 N–H and O–H groups in total. The molecule has 6 heteroatoms. The van der Waals surface area contributed by atoms with Crippen molar-refractivity contribution < 1.29 is 13.5 Å². The second-order valence-electron chi connectivity index (χ2n) is 3.24. The molecule has 2 aromatic rings. The zero-order valence-corrected chi connectivity index (χ0v) is 9.05. The number of ether oxygens (including phenoxy) is 1. The number of hydrogen-bond donors (Lipinski definition) is 0. The Morgan fingerprint density at radius 3 is 2.50 bits per heavy atom. The van der Waals surface area contributed by atoms with E-state index in [9.17, 15) is 8.78 Å². The van der Waals surface area contributed by atoms with Gasteiger partial charge in [0.05, 0.1) is 0 Å². The third kappa shape index (κ3) is 2.40. The van der Waals surface area contributed by atoms with Gasteiger partial charge in [0, 0.05) is 18.0 Å². The Morgan fingerprint density at radius 1 is 1.17 bits per heavy atom. The molecule has 1 aromatic carbocycles. The Balaban J connectivity index is 2.53. The Labute approximate surface area is 101 Å². The molecule has 0 saturated carbocycles. The molecular weight excluding hydrogens is 240 g/mol. The van der Waals surface area contributed by atoms with Gasteiger partial charge in [-0.25, -0.2) is 9.97 Å². The molecule has 4 nitrogen and oxygen atoms in total. The number of nitriles is 1. The van der Waals surface area contributed by atoms with Gasteiger partial charge >= 0.3 is 6.61 Å². The van der Waals surface area contributed by atoms with Crippen molar-refractivity contribution in [1.29, 1.82) is 5.26 Å². The van der Waals surface area contributed by atoms with Gasteiger partial charge in [0.1, 0.15) is 17.4 Å². The molecule has 18 heavy (non-hydrogen) atoms. The smallest absolute Gasteiger partial charge is 0.387 e. The predicted octanol–water partition coefficient (Wildman–Crippen LogP) is 2.62.